The topological polar surface area (TPSA) is 85.4 Å². The minimum atomic E-state index is -0.541. The minimum absolute atomic E-state index is 0.0409. The van der Waals surface area contributed by atoms with Gasteiger partial charge in [-0.3, -0.25) is 10.1 Å². The van der Waals surface area contributed by atoms with Crippen LogP contribution in [0.3, 0.4) is 0 Å². The van der Waals surface area contributed by atoms with Crippen molar-refractivity contribution >= 4 is 5.69 Å². The van der Waals surface area contributed by atoms with Crippen LogP contribution in [0.15, 0.2) is 48.5 Å². The van der Waals surface area contributed by atoms with E-state index in [1.54, 1.807) is 19.2 Å². The minimum Gasteiger partial charge on any atom is -0.497 e. The Hall–Kier alpha value is -2.91. The number of fused-ring (bicyclic) bond motifs is 1. The van der Waals surface area contributed by atoms with Gasteiger partial charge in [-0.15, -0.1) is 0 Å². The summed E-state index contributed by atoms with van der Waals surface area (Å²) in [6.07, 6.45) is -0.147. The van der Waals surface area contributed by atoms with Crippen molar-refractivity contribution in [1.82, 2.24) is 0 Å². The van der Waals surface area contributed by atoms with E-state index in [0.717, 1.165) is 16.9 Å². The molecule has 0 amide bonds. The molecular weight excluding hydrogens is 320 g/mol. The van der Waals surface area contributed by atoms with Gasteiger partial charge in [-0.2, -0.15) is 5.26 Å². The maximum absolute atomic E-state index is 10.8. The zero-order valence-corrected chi connectivity index (χ0v) is 13.6. The lowest BCUT2D eigenvalue weighted by atomic mass is 10.0. The van der Waals surface area contributed by atoms with E-state index >= 15 is 0 Å². The Morgan fingerprint density at radius 2 is 1.84 bits per heavy atom. The molecule has 2 fully saturated rings. The molecule has 0 unspecified atom stereocenters. The van der Waals surface area contributed by atoms with E-state index in [9.17, 15) is 15.4 Å². The van der Waals surface area contributed by atoms with Gasteiger partial charge in [-0.05, 0) is 23.3 Å². The van der Waals surface area contributed by atoms with Crippen molar-refractivity contribution in [2.45, 2.75) is 12.0 Å². The first kappa shape index (κ1) is 15.6. The first-order chi connectivity index (χ1) is 12.1. The number of hydrogen-bond donors (Lipinski definition) is 0. The fourth-order valence-corrected chi connectivity index (χ4v) is 4.01. The van der Waals surface area contributed by atoms with E-state index < -0.39 is 10.3 Å². The Labute approximate surface area is 144 Å². The third kappa shape index (κ3) is 2.28. The highest BCUT2D eigenvalue weighted by Crippen LogP contribution is 2.73. The van der Waals surface area contributed by atoms with Crippen molar-refractivity contribution in [2.75, 3.05) is 13.7 Å². The Kier molecular flexibility index (Phi) is 3.48. The van der Waals surface area contributed by atoms with E-state index in [0.29, 0.717) is 6.61 Å². The summed E-state index contributed by atoms with van der Waals surface area (Å²) in [6.45, 7) is 0.381. The molecular formula is C19H16N2O4. The SMILES string of the molecule is COc1ccc([C@H]2OC[C@@]3(C#N)[C@@H]2[C@@H]3c2ccc([N+](=O)[O-])cc2)cc1. The van der Waals surface area contributed by atoms with Crippen molar-refractivity contribution in [3.05, 3.63) is 69.8 Å². The van der Waals surface area contributed by atoms with Crippen LogP contribution in [-0.4, -0.2) is 18.6 Å². The molecule has 4 rings (SSSR count). The first-order valence-corrected chi connectivity index (χ1v) is 8.02. The smallest absolute Gasteiger partial charge is 0.269 e. The molecule has 1 saturated heterocycles. The van der Waals surface area contributed by atoms with Gasteiger partial charge in [-0.1, -0.05) is 24.3 Å². The Morgan fingerprint density at radius 3 is 2.40 bits per heavy atom. The number of benzene rings is 2. The number of nitro groups is 1. The summed E-state index contributed by atoms with van der Waals surface area (Å²) in [5.74, 6) is 0.877. The van der Waals surface area contributed by atoms with Crippen LogP contribution in [0.5, 0.6) is 5.75 Å². The molecule has 6 nitrogen and oxygen atoms in total. The molecule has 0 aromatic heterocycles. The van der Waals surface area contributed by atoms with Crippen LogP contribution in [-0.2, 0) is 4.74 Å². The second-order valence-electron chi connectivity index (χ2n) is 6.51. The Bertz CT molecular complexity index is 856. The largest absolute Gasteiger partial charge is 0.497 e. The molecule has 0 N–H and O–H groups in total. The second kappa shape index (κ2) is 5.57. The number of nitro benzene ring substituents is 1. The van der Waals surface area contributed by atoms with Crippen LogP contribution in [0.1, 0.15) is 23.1 Å². The lowest BCUT2D eigenvalue weighted by Gasteiger charge is -2.16. The summed E-state index contributed by atoms with van der Waals surface area (Å²) in [4.78, 5) is 10.4. The van der Waals surface area contributed by atoms with Crippen LogP contribution in [0.25, 0.3) is 0 Å². The van der Waals surface area contributed by atoms with Crippen LogP contribution in [0, 0.1) is 32.8 Å². The average Bonchev–Trinajstić information content (AvgIpc) is 3.16. The van der Waals surface area contributed by atoms with Crippen molar-refractivity contribution in [2.24, 2.45) is 11.3 Å². The van der Waals surface area contributed by atoms with Gasteiger partial charge in [0.05, 0.1) is 36.2 Å². The summed E-state index contributed by atoms with van der Waals surface area (Å²) in [7, 11) is 1.62. The lowest BCUT2D eigenvalue weighted by Crippen LogP contribution is -2.08. The predicted molar refractivity (Wildman–Crippen MR) is 89.1 cm³/mol. The summed E-state index contributed by atoms with van der Waals surface area (Å²) >= 11 is 0. The van der Waals surface area contributed by atoms with Gasteiger partial charge >= 0.3 is 0 Å². The zero-order valence-electron chi connectivity index (χ0n) is 13.6. The molecule has 2 aromatic rings. The maximum Gasteiger partial charge on any atom is 0.269 e. The number of ether oxygens (including phenoxy) is 2. The van der Waals surface area contributed by atoms with Crippen molar-refractivity contribution < 1.29 is 14.4 Å². The van der Waals surface area contributed by atoms with E-state index in [1.165, 1.54) is 12.1 Å². The zero-order chi connectivity index (χ0) is 17.6. The van der Waals surface area contributed by atoms with Gasteiger partial charge in [0.1, 0.15) is 5.75 Å². The highest BCUT2D eigenvalue weighted by molar-refractivity contribution is 5.46. The standard InChI is InChI=1S/C19H16N2O4/c1-24-15-8-4-13(5-9-15)18-17-16(19(17,10-20)11-25-18)12-2-6-14(7-3-12)21(22)23/h2-9,16-18H,11H2,1H3/t16-,17+,18+,19+/m0/s1. The molecule has 1 heterocycles. The van der Waals surface area contributed by atoms with Gasteiger partial charge < -0.3 is 9.47 Å². The second-order valence-corrected chi connectivity index (χ2v) is 6.51. The van der Waals surface area contributed by atoms with E-state index in [1.807, 2.05) is 24.3 Å². The molecule has 1 aliphatic heterocycles. The number of methoxy groups -OCH3 is 1. The molecule has 1 saturated carbocycles. The number of nitriles is 1. The molecule has 1 aliphatic carbocycles. The molecule has 0 radical (unpaired) electrons. The van der Waals surface area contributed by atoms with Crippen molar-refractivity contribution in [3.63, 3.8) is 0 Å². The summed E-state index contributed by atoms with van der Waals surface area (Å²) in [6, 6.07) is 16.6. The fourth-order valence-electron chi connectivity index (χ4n) is 4.01. The highest BCUT2D eigenvalue weighted by Gasteiger charge is 2.73. The van der Waals surface area contributed by atoms with Crippen molar-refractivity contribution in [1.29, 1.82) is 5.26 Å². The van der Waals surface area contributed by atoms with E-state index in [-0.39, 0.29) is 23.6 Å². The van der Waals surface area contributed by atoms with Crippen LogP contribution in [0.4, 0.5) is 5.69 Å². The third-order valence-corrected chi connectivity index (χ3v) is 5.34. The van der Waals surface area contributed by atoms with Gasteiger partial charge in [0.2, 0.25) is 0 Å². The summed E-state index contributed by atoms with van der Waals surface area (Å²) < 4.78 is 11.1. The molecule has 2 aromatic carbocycles. The van der Waals surface area contributed by atoms with Gasteiger partial charge in [0.25, 0.3) is 5.69 Å². The lowest BCUT2D eigenvalue weighted by molar-refractivity contribution is -0.384. The molecule has 4 atom stereocenters. The normalized spacial score (nSPS) is 29.5. The fraction of sp³-hybridized carbons (Fsp3) is 0.316. The number of non-ortho nitro benzene ring substituents is 1. The van der Waals surface area contributed by atoms with Gasteiger partial charge in [0, 0.05) is 24.0 Å². The molecule has 6 heteroatoms. The molecule has 25 heavy (non-hydrogen) atoms. The monoisotopic (exact) mass is 336 g/mol. The van der Waals surface area contributed by atoms with Gasteiger partial charge in [0.15, 0.2) is 0 Å². The van der Waals surface area contributed by atoms with E-state index in [4.69, 9.17) is 9.47 Å². The number of nitrogens with zero attached hydrogens (tertiary/aromatic N) is 2. The number of hydrogen-bond acceptors (Lipinski definition) is 5. The Balaban J connectivity index is 1.62. The maximum atomic E-state index is 10.8. The van der Waals surface area contributed by atoms with E-state index in [2.05, 4.69) is 6.07 Å². The third-order valence-electron chi connectivity index (χ3n) is 5.34. The molecule has 0 spiro atoms. The quantitative estimate of drug-likeness (QED) is 0.629. The first-order valence-electron chi connectivity index (χ1n) is 8.02. The summed E-state index contributed by atoms with van der Waals surface area (Å²) in [5, 5.41) is 20.6. The van der Waals surface area contributed by atoms with Crippen LogP contribution >= 0.6 is 0 Å². The molecule has 2 aliphatic rings. The van der Waals surface area contributed by atoms with Crippen LogP contribution in [0.2, 0.25) is 0 Å². The van der Waals surface area contributed by atoms with Crippen molar-refractivity contribution in [3.8, 4) is 11.8 Å². The average molecular weight is 336 g/mol. The Morgan fingerprint density at radius 1 is 1.20 bits per heavy atom. The highest BCUT2D eigenvalue weighted by atomic mass is 16.6. The molecule has 0 bridgehead atoms. The van der Waals surface area contributed by atoms with Crippen LogP contribution < -0.4 is 4.74 Å². The van der Waals surface area contributed by atoms with Gasteiger partial charge in [-0.25, -0.2) is 0 Å². The molecule has 126 valence electrons. The predicted octanol–water partition coefficient (Wildman–Crippen LogP) is 3.60. The number of rotatable bonds is 4. The summed E-state index contributed by atoms with van der Waals surface area (Å²) in [5.41, 5.74) is 1.50.